The molecule has 0 saturated carbocycles. The van der Waals surface area contributed by atoms with Crippen molar-refractivity contribution in [2.75, 3.05) is 45.9 Å². The summed E-state index contributed by atoms with van der Waals surface area (Å²) in [7, 11) is -3.45. The fraction of sp³-hybridized carbons (Fsp3) is 1.00. The van der Waals surface area contributed by atoms with Crippen molar-refractivity contribution in [1.82, 2.24) is 8.61 Å². The molecule has 0 aliphatic carbocycles. The highest BCUT2D eigenvalue weighted by Gasteiger charge is 2.41. The quantitative estimate of drug-likeness (QED) is 0.721. The molecule has 0 aromatic carbocycles. The van der Waals surface area contributed by atoms with Gasteiger partial charge in [-0.2, -0.15) is 17.0 Å². The molecule has 2 heterocycles. The maximum absolute atomic E-state index is 12.6. The molecule has 1 unspecified atom stereocenters. The molecule has 0 aromatic rings. The minimum absolute atomic E-state index is 0.250. The Morgan fingerprint density at radius 3 is 2.47 bits per heavy atom. The van der Waals surface area contributed by atoms with E-state index in [9.17, 15) is 8.42 Å². The van der Waals surface area contributed by atoms with Crippen LogP contribution in [0.1, 0.15) is 13.8 Å². The van der Waals surface area contributed by atoms with E-state index in [0.717, 1.165) is 0 Å². The van der Waals surface area contributed by atoms with Gasteiger partial charge in [0.15, 0.2) is 0 Å². The lowest BCUT2D eigenvalue weighted by Crippen LogP contribution is -2.60. The molecule has 112 valence electrons. The molecule has 2 fully saturated rings. The first kappa shape index (κ1) is 15.1. The SMILES string of the molecule is CC1(C)CN(S(=O)(=O)N2CCOCC2)CC(CN)O1. The summed E-state index contributed by atoms with van der Waals surface area (Å²) in [6.45, 7) is 6.48. The number of morpholine rings is 2. The topological polar surface area (TPSA) is 85.1 Å². The van der Waals surface area contributed by atoms with Crippen LogP contribution in [0, 0.1) is 0 Å². The molecular weight excluding hydrogens is 270 g/mol. The van der Waals surface area contributed by atoms with Crippen molar-refractivity contribution in [3.63, 3.8) is 0 Å². The van der Waals surface area contributed by atoms with E-state index < -0.39 is 15.8 Å². The zero-order chi connectivity index (χ0) is 14.1. The molecule has 2 aliphatic heterocycles. The molecule has 8 heteroatoms. The van der Waals surface area contributed by atoms with Gasteiger partial charge in [0.2, 0.25) is 0 Å². The van der Waals surface area contributed by atoms with E-state index >= 15 is 0 Å². The summed E-state index contributed by atoms with van der Waals surface area (Å²) < 4.78 is 39.1. The van der Waals surface area contributed by atoms with Crippen molar-refractivity contribution in [1.29, 1.82) is 0 Å². The van der Waals surface area contributed by atoms with Crippen LogP contribution in [0.4, 0.5) is 0 Å². The van der Waals surface area contributed by atoms with Gasteiger partial charge in [-0.05, 0) is 13.8 Å². The van der Waals surface area contributed by atoms with Crippen molar-refractivity contribution >= 4 is 10.2 Å². The van der Waals surface area contributed by atoms with E-state index in [2.05, 4.69) is 0 Å². The van der Waals surface area contributed by atoms with Gasteiger partial charge in [0.25, 0.3) is 10.2 Å². The molecule has 1 atom stereocenters. The molecule has 0 aromatic heterocycles. The zero-order valence-corrected chi connectivity index (χ0v) is 12.4. The third kappa shape index (κ3) is 3.45. The first-order valence-electron chi connectivity index (χ1n) is 6.56. The van der Waals surface area contributed by atoms with Gasteiger partial charge in [-0.1, -0.05) is 0 Å². The second kappa shape index (κ2) is 5.63. The first-order chi connectivity index (χ1) is 8.85. The Hall–Kier alpha value is -0.250. The molecule has 0 radical (unpaired) electrons. The van der Waals surface area contributed by atoms with Crippen LogP contribution >= 0.6 is 0 Å². The molecule has 2 N–H and O–H groups in total. The Balaban J connectivity index is 2.14. The Bertz CT molecular complexity index is 406. The summed E-state index contributed by atoms with van der Waals surface area (Å²) in [4.78, 5) is 0. The standard InChI is InChI=1S/C11H23N3O4S/c1-11(2)9-14(8-10(7-12)18-11)19(15,16)13-3-5-17-6-4-13/h10H,3-9,12H2,1-2H3. The molecule has 19 heavy (non-hydrogen) atoms. The van der Waals surface area contributed by atoms with Crippen LogP contribution < -0.4 is 5.73 Å². The van der Waals surface area contributed by atoms with Crippen LogP contribution in [0.2, 0.25) is 0 Å². The van der Waals surface area contributed by atoms with E-state index in [1.54, 1.807) is 0 Å². The monoisotopic (exact) mass is 293 g/mol. The molecule has 2 aliphatic rings. The largest absolute Gasteiger partial charge is 0.379 e. The van der Waals surface area contributed by atoms with Crippen molar-refractivity contribution in [2.45, 2.75) is 25.6 Å². The van der Waals surface area contributed by atoms with Crippen LogP contribution in [0.15, 0.2) is 0 Å². The average molecular weight is 293 g/mol. The fourth-order valence-electron chi connectivity index (χ4n) is 2.48. The number of hydrogen-bond donors (Lipinski definition) is 1. The Morgan fingerprint density at radius 2 is 1.89 bits per heavy atom. The van der Waals surface area contributed by atoms with Gasteiger partial charge >= 0.3 is 0 Å². The van der Waals surface area contributed by atoms with Gasteiger partial charge in [0, 0.05) is 32.7 Å². The third-order valence-electron chi connectivity index (χ3n) is 3.34. The molecule has 2 saturated heterocycles. The molecular formula is C11H23N3O4S. The van der Waals surface area contributed by atoms with Crippen LogP contribution in [-0.4, -0.2) is 74.7 Å². The van der Waals surface area contributed by atoms with Crippen molar-refractivity contribution in [2.24, 2.45) is 5.73 Å². The molecule has 7 nitrogen and oxygen atoms in total. The first-order valence-corrected chi connectivity index (χ1v) is 7.96. The van der Waals surface area contributed by atoms with E-state index in [1.807, 2.05) is 13.8 Å². The number of ether oxygens (including phenoxy) is 2. The minimum Gasteiger partial charge on any atom is -0.379 e. The number of hydrogen-bond acceptors (Lipinski definition) is 5. The summed E-state index contributed by atoms with van der Waals surface area (Å²) in [5.41, 5.74) is 5.12. The van der Waals surface area contributed by atoms with E-state index in [0.29, 0.717) is 45.9 Å². The highest BCUT2D eigenvalue weighted by Crippen LogP contribution is 2.24. The third-order valence-corrected chi connectivity index (χ3v) is 5.28. The van der Waals surface area contributed by atoms with Crippen LogP contribution in [-0.2, 0) is 19.7 Å². The summed E-state index contributed by atoms with van der Waals surface area (Å²) in [5, 5.41) is 0. The lowest BCUT2D eigenvalue weighted by molar-refractivity contribution is -0.114. The second-order valence-corrected chi connectivity index (χ2v) is 7.48. The summed E-state index contributed by atoms with van der Waals surface area (Å²) >= 11 is 0. The van der Waals surface area contributed by atoms with E-state index in [-0.39, 0.29) is 6.10 Å². The van der Waals surface area contributed by atoms with Gasteiger partial charge in [0.1, 0.15) is 0 Å². The van der Waals surface area contributed by atoms with Crippen molar-refractivity contribution in [3.05, 3.63) is 0 Å². The second-order valence-electron chi connectivity index (χ2n) is 5.55. The summed E-state index contributed by atoms with van der Waals surface area (Å²) in [5.74, 6) is 0. The minimum atomic E-state index is -3.45. The number of nitrogens with two attached hydrogens (primary N) is 1. The van der Waals surface area contributed by atoms with Crippen LogP contribution in [0.5, 0.6) is 0 Å². The molecule has 2 rings (SSSR count). The van der Waals surface area contributed by atoms with Gasteiger partial charge in [-0.25, -0.2) is 0 Å². The lowest BCUT2D eigenvalue weighted by Gasteiger charge is -2.43. The zero-order valence-electron chi connectivity index (χ0n) is 11.5. The van der Waals surface area contributed by atoms with E-state index in [1.165, 1.54) is 8.61 Å². The van der Waals surface area contributed by atoms with Crippen molar-refractivity contribution < 1.29 is 17.9 Å². The normalized spacial score (nSPS) is 30.4. The fourth-order valence-corrected chi connectivity index (χ4v) is 4.25. The van der Waals surface area contributed by atoms with Crippen molar-refractivity contribution in [3.8, 4) is 0 Å². The highest BCUT2D eigenvalue weighted by atomic mass is 32.2. The molecule has 0 spiro atoms. The van der Waals surface area contributed by atoms with Crippen LogP contribution in [0.3, 0.4) is 0 Å². The predicted octanol–water partition coefficient (Wildman–Crippen LogP) is -0.998. The van der Waals surface area contributed by atoms with Gasteiger partial charge < -0.3 is 15.2 Å². The van der Waals surface area contributed by atoms with Gasteiger partial charge in [-0.3, -0.25) is 0 Å². The predicted molar refractivity (Wildman–Crippen MR) is 70.9 cm³/mol. The number of nitrogens with zero attached hydrogens (tertiary/aromatic N) is 2. The van der Waals surface area contributed by atoms with E-state index in [4.69, 9.17) is 15.2 Å². The summed E-state index contributed by atoms with van der Waals surface area (Å²) in [6.07, 6.45) is -0.250. The molecule has 0 amide bonds. The lowest BCUT2D eigenvalue weighted by atomic mass is 10.1. The molecule has 0 bridgehead atoms. The van der Waals surface area contributed by atoms with Gasteiger partial charge in [0.05, 0.1) is 24.9 Å². The smallest absolute Gasteiger partial charge is 0.282 e. The Kier molecular flexibility index (Phi) is 4.49. The Labute approximate surface area is 114 Å². The van der Waals surface area contributed by atoms with Crippen LogP contribution in [0.25, 0.3) is 0 Å². The maximum atomic E-state index is 12.6. The maximum Gasteiger partial charge on any atom is 0.282 e. The van der Waals surface area contributed by atoms with Gasteiger partial charge in [-0.15, -0.1) is 0 Å². The average Bonchev–Trinajstić information content (AvgIpc) is 2.37. The highest BCUT2D eigenvalue weighted by molar-refractivity contribution is 7.86. The Morgan fingerprint density at radius 1 is 1.26 bits per heavy atom. The number of rotatable bonds is 3. The summed E-state index contributed by atoms with van der Waals surface area (Å²) in [6, 6.07) is 0.